The van der Waals surface area contributed by atoms with Gasteiger partial charge in [-0.05, 0) is 19.3 Å². The van der Waals surface area contributed by atoms with Crippen molar-refractivity contribution >= 4 is 17.8 Å². The summed E-state index contributed by atoms with van der Waals surface area (Å²) >= 11 is 0. The average Bonchev–Trinajstić information content (AvgIpc) is 3.12. The zero-order chi connectivity index (χ0) is 16.6. The van der Waals surface area contributed by atoms with Crippen LogP contribution in [0.2, 0.25) is 0 Å². The lowest BCUT2D eigenvalue weighted by Crippen LogP contribution is -2.68. The van der Waals surface area contributed by atoms with Crippen LogP contribution in [-0.2, 0) is 19.1 Å². The highest BCUT2D eigenvalue weighted by molar-refractivity contribution is 5.88. The molecule has 1 saturated heterocycles. The Morgan fingerprint density at radius 1 is 1.30 bits per heavy atom. The smallest absolute Gasteiger partial charge is 0.326 e. The minimum absolute atomic E-state index is 0.0452. The molecule has 3 N–H and O–H groups in total. The van der Waals surface area contributed by atoms with Gasteiger partial charge in [-0.15, -0.1) is 0 Å². The fourth-order valence-corrected chi connectivity index (χ4v) is 4.77. The minimum Gasteiger partial charge on any atom is -0.480 e. The number of carbonyl (C=O) groups is 3. The summed E-state index contributed by atoms with van der Waals surface area (Å²) in [7, 11) is 0. The third-order valence-electron chi connectivity index (χ3n) is 5.67. The van der Waals surface area contributed by atoms with E-state index in [9.17, 15) is 14.4 Å². The van der Waals surface area contributed by atoms with Crippen molar-refractivity contribution in [2.75, 3.05) is 6.61 Å². The number of aliphatic carboxylic acids is 1. The fourth-order valence-electron chi connectivity index (χ4n) is 4.77. The second kappa shape index (κ2) is 6.11. The highest BCUT2D eigenvalue weighted by atomic mass is 16.5. The monoisotopic (exact) mass is 324 g/mol. The summed E-state index contributed by atoms with van der Waals surface area (Å²) in [5, 5.41) is 14.5. The Morgan fingerprint density at radius 2 is 2.00 bits per heavy atom. The first-order valence-corrected chi connectivity index (χ1v) is 8.35. The molecule has 0 radical (unpaired) electrons. The molecule has 3 rings (SSSR count). The lowest BCUT2D eigenvalue weighted by Gasteiger charge is -2.56. The van der Waals surface area contributed by atoms with E-state index in [1.165, 1.54) is 6.92 Å². The Kier molecular flexibility index (Phi) is 4.31. The third kappa shape index (κ3) is 2.82. The molecule has 4 atom stereocenters. The molecule has 1 spiro atoms. The molecule has 0 aromatic heterocycles. The maximum absolute atomic E-state index is 12.3. The summed E-state index contributed by atoms with van der Waals surface area (Å²) in [5.41, 5.74) is 0.0452. The van der Waals surface area contributed by atoms with E-state index >= 15 is 0 Å². The second-order valence-corrected chi connectivity index (χ2v) is 7.02. The number of nitrogens with one attached hydrogen (secondary N) is 2. The molecule has 2 saturated carbocycles. The average molecular weight is 324 g/mol. The maximum atomic E-state index is 12.3. The number of rotatable bonds is 5. The number of carboxylic acid groups (broad SMARTS) is 1. The maximum Gasteiger partial charge on any atom is 0.326 e. The van der Waals surface area contributed by atoms with E-state index in [0.717, 1.165) is 38.7 Å². The topological polar surface area (TPSA) is 105 Å². The number of ether oxygens (including phenoxy) is 1. The van der Waals surface area contributed by atoms with Gasteiger partial charge in [0.05, 0.1) is 12.5 Å². The number of fused-ring (bicyclic) bond motifs is 2. The first kappa shape index (κ1) is 16.2. The summed E-state index contributed by atoms with van der Waals surface area (Å²) < 4.78 is 5.87. The van der Waals surface area contributed by atoms with Crippen molar-refractivity contribution in [1.29, 1.82) is 0 Å². The second-order valence-electron chi connectivity index (χ2n) is 7.02. The van der Waals surface area contributed by atoms with Crippen LogP contribution in [0.15, 0.2) is 0 Å². The van der Waals surface area contributed by atoms with Gasteiger partial charge in [0.25, 0.3) is 0 Å². The molecule has 23 heavy (non-hydrogen) atoms. The molecule has 0 aromatic rings. The van der Waals surface area contributed by atoms with E-state index in [1.807, 2.05) is 0 Å². The number of hydrogen-bond acceptors (Lipinski definition) is 4. The fraction of sp³-hybridized carbons (Fsp3) is 0.812. The molecule has 7 heteroatoms. The highest BCUT2D eigenvalue weighted by Crippen LogP contribution is 2.60. The van der Waals surface area contributed by atoms with Gasteiger partial charge < -0.3 is 20.5 Å². The van der Waals surface area contributed by atoms with Crippen molar-refractivity contribution in [2.45, 2.75) is 63.6 Å². The van der Waals surface area contributed by atoms with E-state index < -0.39 is 17.9 Å². The van der Waals surface area contributed by atoms with Gasteiger partial charge in [-0.3, -0.25) is 9.59 Å². The number of hydrogen-bond donors (Lipinski definition) is 3. The molecule has 0 aromatic carbocycles. The first-order valence-electron chi connectivity index (χ1n) is 8.35. The molecule has 7 nitrogen and oxygen atoms in total. The standard InChI is InChI=1S/C16H24N2O5/c1-9(19)17-11(15(21)22)8-12(20)18-13-10-4-7-23-14(10)16(13)5-2-3-6-16/h10-11,13-14H,2-8H2,1H3,(H,17,19)(H,18,20)(H,21,22)/t10?,11-,13?,14?/m0/s1. The van der Waals surface area contributed by atoms with Crippen LogP contribution >= 0.6 is 0 Å². The minimum atomic E-state index is -1.19. The Balaban J connectivity index is 1.62. The summed E-state index contributed by atoms with van der Waals surface area (Å²) in [6.07, 6.45) is 5.40. The van der Waals surface area contributed by atoms with Gasteiger partial charge in [-0.2, -0.15) is 0 Å². The van der Waals surface area contributed by atoms with E-state index in [0.29, 0.717) is 5.92 Å². The van der Waals surface area contributed by atoms with Crippen LogP contribution in [0.3, 0.4) is 0 Å². The summed E-state index contributed by atoms with van der Waals surface area (Å²) in [6, 6.07) is -1.10. The number of carbonyl (C=O) groups excluding carboxylic acids is 2. The van der Waals surface area contributed by atoms with Crippen LogP contribution in [0.4, 0.5) is 0 Å². The van der Waals surface area contributed by atoms with Crippen LogP contribution in [0, 0.1) is 11.3 Å². The zero-order valence-corrected chi connectivity index (χ0v) is 13.3. The summed E-state index contributed by atoms with van der Waals surface area (Å²) in [5.74, 6) is -1.61. The normalized spacial score (nSPS) is 32.0. The van der Waals surface area contributed by atoms with Gasteiger partial charge in [0.15, 0.2) is 0 Å². The van der Waals surface area contributed by atoms with Gasteiger partial charge in [0, 0.05) is 30.9 Å². The van der Waals surface area contributed by atoms with E-state index in [-0.39, 0.29) is 29.9 Å². The predicted octanol–water partition coefficient (Wildman–Crippen LogP) is 0.430. The SMILES string of the molecule is CC(=O)N[C@@H](CC(=O)NC1C2CCOC2C12CCCC2)C(=O)O. The molecular formula is C16H24N2O5. The Hall–Kier alpha value is -1.63. The molecule has 2 aliphatic carbocycles. The first-order chi connectivity index (χ1) is 10.9. The molecule has 3 aliphatic rings. The zero-order valence-electron chi connectivity index (χ0n) is 13.3. The molecule has 0 bridgehead atoms. The molecule has 1 aliphatic heterocycles. The molecule has 3 fully saturated rings. The van der Waals surface area contributed by atoms with Crippen LogP contribution < -0.4 is 10.6 Å². The lowest BCUT2D eigenvalue weighted by molar-refractivity contribution is -0.149. The van der Waals surface area contributed by atoms with Crippen molar-refractivity contribution < 1.29 is 24.2 Å². The molecule has 2 amide bonds. The number of amides is 2. The molecule has 3 unspecified atom stereocenters. The number of carboxylic acids is 1. The molecular weight excluding hydrogens is 300 g/mol. The van der Waals surface area contributed by atoms with Gasteiger partial charge in [-0.1, -0.05) is 12.8 Å². The van der Waals surface area contributed by atoms with Crippen molar-refractivity contribution in [3.8, 4) is 0 Å². The lowest BCUT2D eigenvalue weighted by atomic mass is 9.54. The van der Waals surface area contributed by atoms with E-state index in [4.69, 9.17) is 9.84 Å². The molecule has 128 valence electrons. The van der Waals surface area contributed by atoms with Crippen molar-refractivity contribution in [2.24, 2.45) is 11.3 Å². The van der Waals surface area contributed by atoms with Gasteiger partial charge in [0.1, 0.15) is 6.04 Å². The van der Waals surface area contributed by atoms with Crippen molar-refractivity contribution in [1.82, 2.24) is 10.6 Å². The van der Waals surface area contributed by atoms with E-state index in [1.54, 1.807) is 0 Å². The third-order valence-corrected chi connectivity index (χ3v) is 5.67. The predicted molar refractivity (Wildman–Crippen MR) is 80.5 cm³/mol. The van der Waals surface area contributed by atoms with E-state index in [2.05, 4.69) is 10.6 Å². The van der Waals surface area contributed by atoms with Crippen LogP contribution in [-0.4, -0.2) is 47.7 Å². The largest absolute Gasteiger partial charge is 0.480 e. The van der Waals surface area contributed by atoms with Crippen LogP contribution in [0.25, 0.3) is 0 Å². The van der Waals surface area contributed by atoms with Gasteiger partial charge >= 0.3 is 5.97 Å². The van der Waals surface area contributed by atoms with Gasteiger partial charge in [0.2, 0.25) is 11.8 Å². The molecule has 1 heterocycles. The van der Waals surface area contributed by atoms with Gasteiger partial charge in [-0.25, -0.2) is 4.79 Å². The van der Waals surface area contributed by atoms with Crippen molar-refractivity contribution in [3.63, 3.8) is 0 Å². The summed E-state index contributed by atoms with van der Waals surface area (Å²) in [6.45, 7) is 1.99. The quantitative estimate of drug-likeness (QED) is 0.680. The Morgan fingerprint density at radius 3 is 2.61 bits per heavy atom. The highest BCUT2D eigenvalue weighted by Gasteiger charge is 2.65. The Labute approximate surface area is 135 Å². The van der Waals surface area contributed by atoms with Crippen molar-refractivity contribution in [3.05, 3.63) is 0 Å². The summed E-state index contributed by atoms with van der Waals surface area (Å²) in [4.78, 5) is 34.5. The Bertz CT molecular complexity index is 515. The van der Waals surface area contributed by atoms with Crippen LogP contribution in [0.5, 0.6) is 0 Å². The van der Waals surface area contributed by atoms with Crippen LogP contribution in [0.1, 0.15) is 45.4 Å².